The monoisotopic (exact) mass is 434 g/mol. The molecule has 0 aromatic heterocycles. The van der Waals surface area contributed by atoms with E-state index in [4.69, 9.17) is 23.2 Å². The van der Waals surface area contributed by atoms with Crippen LogP contribution in [0, 0.1) is 0 Å². The predicted molar refractivity (Wildman–Crippen MR) is 122 cm³/mol. The molecule has 0 saturated carbocycles. The lowest BCUT2D eigenvalue weighted by atomic mass is 9.66. The van der Waals surface area contributed by atoms with Gasteiger partial charge in [0.2, 0.25) is 0 Å². The van der Waals surface area contributed by atoms with Crippen LogP contribution >= 0.6 is 23.2 Å². The van der Waals surface area contributed by atoms with Crippen molar-refractivity contribution in [2.24, 2.45) is 0 Å². The van der Waals surface area contributed by atoms with Crippen molar-refractivity contribution in [1.29, 1.82) is 0 Å². The standard InChI is InChI=1S/C26H20Cl2O2/c27-23-15-11-21(12-16-23)25(29,19-7-3-1-4-8-19)26(30,20-9-5-2-6-10-20)22-13-17-24(28)18-14-22/h1-18,29-30H/t25-,26-/m1/s1. The second-order valence-corrected chi connectivity index (χ2v) is 8.04. The van der Waals surface area contributed by atoms with Crippen molar-refractivity contribution in [1.82, 2.24) is 0 Å². The molecule has 0 amide bonds. The first-order valence-electron chi connectivity index (χ1n) is 9.54. The van der Waals surface area contributed by atoms with Crippen molar-refractivity contribution < 1.29 is 10.2 Å². The molecule has 2 atom stereocenters. The first-order chi connectivity index (χ1) is 14.5. The lowest BCUT2D eigenvalue weighted by Crippen LogP contribution is -2.51. The van der Waals surface area contributed by atoms with E-state index in [-0.39, 0.29) is 0 Å². The van der Waals surface area contributed by atoms with Gasteiger partial charge in [0.1, 0.15) is 0 Å². The van der Waals surface area contributed by atoms with Crippen LogP contribution in [0.25, 0.3) is 0 Å². The van der Waals surface area contributed by atoms with Gasteiger partial charge >= 0.3 is 0 Å². The Morgan fingerprint density at radius 1 is 0.400 bits per heavy atom. The quantitative estimate of drug-likeness (QED) is 0.394. The minimum atomic E-state index is -1.81. The molecule has 30 heavy (non-hydrogen) atoms. The van der Waals surface area contributed by atoms with Gasteiger partial charge in [0.25, 0.3) is 0 Å². The topological polar surface area (TPSA) is 40.5 Å². The fourth-order valence-electron chi connectivity index (χ4n) is 3.91. The van der Waals surface area contributed by atoms with E-state index in [2.05, 4.69) is 0 Å². The van der Waals surface area contributed by atoms with E-state index in [9.17, 15) is 10.2 Å². The fourth-order valence-corrected chi connectivity index (χ4v) is 4.16. The number of hydrogen-bond donors (Lipinski definition) is 2. The van der Waals surface area contributed by atoms with E-state index in [1.54, 1.807) is 72.8 Å². The number of rotatable bonds is 5. The zero-order valence-electron chi connectivity index (χ0n) is 16.0. The third-order valence-electron chi connectivity index (χ3n) is 5.43. The first kappa shape index (κ1) is 20.6. The maximum Gasteiger partial charge on any atom is 0.152 e. The average molecular weight is 435 g/mol. The fraction of sp³-hybridized carbons (Fsp3) is 0.0769. The molecule has 4 aromatic rings. The van der Waals surface area contributed by atoms with Crippen molar-refractivity contribution >= 4 is 23.2 Å². The van der Waals surface area contributed by atoms with Crippen molar-refractivity contribution in [3.05, 3.63) is 141 Å². The molecule has 0 fully saturated rings. The summed E-state index contributed by atoms with van der Waals surface area (Å²) < 4.78 is 0. The predicted octanol–water partition coefficient (Wildman–Crippen LogP) is 6.17. The Bertz CT molecular complexity index is 1020. The van der Waals surface area contributed by atoms with Gasteiger partial charge in [-0.1, -0.05) is 108 Å². The Morgan fingerprint density at radius 3 is 0.967 bits per heavy atom. The zero-order chi connectivity index (χ0) is 21.2. The lowest BCUT2D eigenvalue weighted by molar-refractivity contribution is -0.113. The second-order valence-electron chi connectivity index (χ2n) is 7.17. The average Bonchev–Trinajstić information content (AvgIpc) is 2.80. The Kier molecular flexibility index (Phi) is 5.68. The van der Waals surface area contributed by atoms with E-state index >= 15 is 0 Å². The Balaban J connectivity index is 2.08. The van der Waals surface area contributed by atoms with Crippen LogP contribution < -0.4 is 0 Å². The molecule has 4 rings (SSSR count). The van der Waals surface area contributed by atoms with Crippen LogP contribution in [0.15, 0.2) is 109 Å². The van der Waals surface area contributed by atoms with Gasteiger partial charge < -0.3 is 10.2 Å². The molecule has 4 heteroatoms. The summed E-state index contributed by atoms with van der Waals surface area (Å²) in [6.07, 6.45) is 0. The van der Waals surface area contributed by atoms with Gasteiger partial charge in [-0.25, -0.2) is 0 Å². The maximum atomic E-state index is 12.4. The molecule has 2 nitrogen and oxygen atoms in total. The van der Waals surface area contributed by atoms with Crippen LogP contribution in [-0.4, -0.2) is 10.2 Å². The molecule has 0 spiro atoms. The molecule has 0 aliphatic carbocycles. The summed E-state index contributed by atoms with van der Waals surface area (Å²) in [6.45, 7) is 0. The van der Waals surface area contributed by atoms with Crippen LogP contribution in [0.1, 0.15) is 22.3 Å². The highest BCUT2D eigenvalue weighted by Gasteiger charge is 2.54. The zero-order valence-corrected chi connectivity index (χ0v) is 17.6. The highest BCUT2D eigenvalue weighted by atomic mass is 35.5. The van der Waals surface area contributed by atoms with E-state index < -0.39 is 11.2 Å². The third-order valence-corrected chi connectivity index (χ3v) is 5.93. The second kappa shape index (κ2) is 8.25. The molecular formula is C26H20Cl2O2. The molecule has 0 bridgehead atoms. The number of benzene rings is 4. The van der Waals surface area contributed by atoms with Crippen LogP contribution in [0.3, 0.4) is 0 Å². The van der Waals surface area contributed by atoms with Crippen LogP contribution in [0.4, 0.5) is 0 Å². The number of aliphatic hydroxyl groups is 2. The summed E-state index contributed by atoms with van der Waals surface area (Å²) in [4.78, 5) is 0. The van der Waals surface area contributed by atoms with Crippen molar-refractivity contribution in [3.63, 3.8) is 0 Å². The number of hydrogen-bond acceptors (Lipinski definition) is 2. The normalized spacial score (nSPS) is 15.2. The molecule has 2 N–H and O–H groups in total. The van der Waals surface area contributed by atoms with Crippen molar-refractivity contribution in [2.45, 2.75) is 11.2 Å². The van der Waals surface area contributed by atoms with Gasteiger partial charge in [-0.3, -0.25) is 0 Å². The summed E-state index contributed by atoms with van der Waals surface area (Å²) in [5.74, 6) is 0. The summed E-state index contributed by atoms with van der Waals surface area (Å²) in [5, 5.41) is 25.9. The minimum absolute atomic E-state index is 0.513. The number of halogens is 2. The highest BCUT2D eigenvalue weighted by molar-refractivity contribution is 6.30. The maximum absolute atomic E-state index is 12.4. The van der Waals surface area contributed by atoms with Crippen molar-refractivity contribution in [3.8, 4) is 0 Å². The van der Waals surface area contributed by atoms with Crippen LogP contribution in [0.5, 0.6) is 0 Å². The molecule has 4 aromatic carbocycles. The smallest absolute Gasteiger partial charge is 0.152 e. The largest absolute Gasteiger partial charge is 0.377 e. The molecule has 0 radical (unpaired) electrons. The van der Waals surface area contributed by atoms with E-state index in [0.29, 0.717) is 32.3 Å². The summed E-state index contributed by atoms with van der Waals surface area (Å²) in [6, 6.07) is 32.1. The molecule has 0 aliphatic rings. The van der Waals surface area contributed by atoms with Crippen LogP contribution in [-0.2, 0) is 11.2 Å². The lowest BCUT2D eigenvalue weighted by Gasteiger charge is -2.45. The van der Waals surface area contributed by atoms with Gasteiger partial charge in [-0.05, 0) is 46.5 Å². The molecule has 0 aliphatic heterocycles. The molecule has 0 saturated heterocycles. The van der Waals surface area contributed by atoms with Crippen LogP contribution in [0.2, 0.25) is 10.0 Å². The molecular weight excluding hydrogens is 415 g/mol. The Hall–Kier alpha value is -2.62. The summed E-state index contributed by atoms with van der Waals surface area (Å²) >= 11 is 12.2. The summed E-state index contributed by atoms with van der Waals surface area (Å²) in [5.41, 5.74) is -1.50. The molecule has 0 unspecified atom stereocenters. The first-order valence-corrected chi connectivity index (χ1v) is 10.3. The van der Waals surface area contributed by atoms with Crippen molar-refractivity contribution in [2.75, 3.05) is 0 Å². The van der Waals surface area contributed by atoms with Gasteiger partial charge in [0.15, 0.2) is 11.2 Å². The molecule has 0 heterocycles. The van der Waals surface area contributed by atoms with Gasteiger partial charge in [0.05, 0.1) is 0 Å². The van der Waals surface area contributed by atoms with Gasteiger partial charge in [-0.2, -0.15) is 0 Å². The van der Waals surface area contributed by atoms with E-state index in [1.807, 2.05) is 36.4 Å². The van der Waals surface area contributed by atoms with Gasteiger partial charge in [0, 0.05) is 10.0 Å². The Labute approximate surface area is 186 Å². The third kappa shape index (κ3) is 3.42. The SMILES string of the molecule is O[C@](c1ccccc1)(c1ccc(Cl)cc1)[C@@](O)(c1ccccc1)c1ccc(Cl)cc1. The van der Waals surface area contributed by atoms with E-state index in [0.717, 1.165) is 0 Å². The highest BCUT2D eigenvalue weighted by Crippen LogP contribution is 2.49. The summed E-state index contributed by atoms with van der Waals surface area (Å²) in [7, 11) is 0. The minimum Gasteiger partial charge on any atom is -0.377 e. The van der Waals surface area contributed by atoms with E-state index in [1.165, 1.54) is 0 Å². The Morgan fingerprint density at radius 2 is 0.667 bits per heavy atom. The van der Waals surface area contributed by atoms with Gasteiger partial charge in [-0.15, -0.1) is 0 Å². The molecule has 150 valence electrons.